The summed E-state index contributed by atoms with van der Waals surface area (Å²) < 4.78 is 5.08. The van der Waals surface area contributed by atoms with E-state index >= 15 is 0 Å². The molecule has 0 unspecified atom stereocenters. The van der Waals surface area contributed by atoms with Crippen LogP contribution < -0.4 is 10.2 Å². The Kier molecular flexibility index (Phi) is 7.70. The summed E-state index contributed by atoms with van der Waals surface area (Å²) in [6, 6.07) is 13.8. The molecule has 0 fully saturated rings. The molecule has 0 aliphatic heterocycles. The van der Waals surface area contributed by atoms with E-state index in [1.165, 1.54) is 17.7 Å². The van der Waals surface area contributed by atoms with Crippen molar-refractivity contribution in [2.45, 2.75) is 25.8 Å². The third kappa shape index (κ3) is 6.60. The van der Waals surface area contributed by atoms with Crippen molar-refractivity contribution in [3.8, 4) is 0 Å². The molecule has 0 aliphatic rings. The first-order valence-corrected chi connectivity index (χ1v) is 9.24. The van der Waals surface area contributed by atoms with Crippen molar-refractivity contribution < 1.29 is 19.2 Å². The van der Waals surface area contributed by atoms with Gasteiger partial charge in [0.15, 0.2) is 6.61 Å². The Morgan fingerprint density at radius 3 is 2.48 bits per heavy atom. The topological polar surface area (TPSA) is 102 Å². The van der Waals surface area contributed by atoms with E-state index < -0.39 is 23.4 Å². The largest absolute Gasteiger partial charge is 0.452 e. The van der Waals surface area contributed by atoms with Gasteiger partial charge in [-0.05, 0) is 31.4 Å². The van der Waals surface area contributed by atoms with Gasteiger partial charge in [0.2, 0.25) is 0 Å². The predicted octanol–water partition coefficient (Wildman–Crippen LogP) is 2.96. The molecule has 0 spiro atoms. The zero-order valence-corrected chi connectivity index (χ0v) is 16.8. The van der Waals surface area contributed by atoms with Crippen molar-refractivity contribution >= 4 is 23.3 Å². The van der Waals surface area contributed by atoms with Crippen LogP contribution in [-0.2, 0) is 16.0 Å². The van der Waals surface area contributed by atoms with Gasteiger partial charge in [0.05, 0.1) is 16.2 Å². The Labute approximate surface area is 169 Å². The molecular formula is C21H25N3O5. The predicted molar refractivity (Wildman–Crippen MR) is 110 cm³/mol. The molecule has 2 aromatic rings. The van der Waals surface area contributed by atoms with Crippen LogP contribution in [0.25, 0.3) is 0 Å². The molecule has 2 rings (SSSR count). The van der Waals surface area contributed by atoms with Crippen molar-refractivity contribution in [1.82, 2.24) is 5.32 Å². The molecule has 0 saturated carbocycles. The van der Waals surface area contributed by atoms with Crippen LogP contribution in [0.1, 0.15) is 29.3 Å². The average Bonchev–Trinajstić information content (AvgIpc) is 2.70. The van der Waals surface area contributed by atoms with E-state index in [0.717, 1.165) is 18.9 Å². The molecule has 1 N–H and O–H groups in total. The van der Waals surface area contributed by atoms with Crippen LogP contribution in [0.3, 0.4) is 0 Å². The first-order chi connectivity index (χ1) is 13.8. The molecule has 0 radical (unpaired) electrons. The van der Waals surface area contributed by atoms with E-state index in [4.69, 9.17) is 4.74 Å². The van der Waals surface area contributed by atoms with E-state index in [1.54, 1.807) is 19.0 Å². The van der Waals surface area contributed by atoms with Crippen molar-refractivity contribution in [3.05, 3.63) is 69.8 Å². The van der Waals surface area contributed by atoms with Crippen molar-refractivity contribution in [2.24, 2.45) is 0 Å². The molecule has 0 bridgehead atoms. The van der Waals surface area contributed by atoms with Crippen LogP contribution in [0.2, 0.25) is 0 Å². The van der Waals surface area contributed by atoms with Gasteiger partial charge in [-0.15, -0.1) is 0 Å². The number of nitrogens with one attached hydrogen (secondary N) is 1. The SMILES string of the molecule is C[C@H](CCc1ccccc1)NC(=O)COC(=O)c1cc([N+](=O)[O-])ccc1N(C)C. The van der Waals surface area contributed by atoms with Crippen LogP contribution >= 0.6 is 0 Å². The lowest BCUT2D eigenvalue weighted by atomic mass is 10.1. The average molecular weight is 399 g/mol. The second kappa shape index (κ2) is 10.2. The van der Waals surface area contributed by atoms with E-state index in [2.05, 4.69) is 5.32 Å². The molecule has 1 atom stereocenters. The number of nitro benzene ring substituents is 1. The molecule has 8 nitrogen and oxygen atoms in total. The quantitative estimate of drug-likeness (QED) is 0.395. The molecule has 29 heavy (non-hydrogen) atoms. The molecule has 2 aromatic carbocycles. The van der Waals surface area contributed by atoms with Gasteiger partial charge in [0.25, 0.3) is 11.6 Å². The number of ether oxygens (including phenoxy) is 1. The third-order valence-corrected chi connectivity index (χ3v) is 4.34. The smallest absolute Gasteiger partial charge is 0.341 e. The Bertz CT molecular complexity index is 868. The number of benzene rings is 2. The minimum absolute atomic E-state index is 0.0362. The zero-order chi connectivity index (χ0) is 21.4. The number of hydrogen-bond acceptors (Lipinski definition) is 6. The summed E-state index contributed by atoms with van der Waals surface area (Å²) in [4.78, 5) is 36.5. The van der Waals surface area contributed by atoms with Gasteiger partial charge in [-0.1, -0.05) is 30.3 Å². The maximum Gasteiger partial charge on any atom is 0.341 e. The number of nitrogens with zero attached hydrogens (tertiary/aromatic N) is 2. The Morgan fingerprint density at radius 2 is 1.86 bits per heavy atom. The van der Waals surface area contributed by atoms with Gasteiger partial charge in [-0.25, -0.2) is 4.79 Å². The highest BCUT2D eigenvalue weighted by Crippen LogP contribution is 2.24. The normalized spacial score (nSPS) is 11.4. The van der Waals surface area contributed by atoms with Crippen LogP contribution in [-0.4, -0.2) is 43.5 Å². The maximum atomic E-state index is 12.4. The summed E-state index contributed by atoms with van der Waals surface area (Å²) in [6.45, 7) is 1.43. The summed E-state index contributed by atoms with van der Waals surface area (Å²) in [7, 11) is 3.41. The van der Waals surface area contributed by atoms with E-state index in [0.29, 0.717) is 5.69 Å². The fraction of sp³-hybridized carbons (Fsp3) is 0.333. The Morgan fingerprint density at radius 1 is 1.17 bits per heavy atom. The summed E-state index contributed by atoms with van der Waals surface area (Å²) >= 11 is 0. The van der Waals surface area contributed by atoms with Gasteiger partial charge >= 0.3 is 5.97 Å². The van der Waals surface area contributed by atoms with Crippen molar-refractivity contribution in [2.75, 3.05) is 25.6 Å². The number of amides is 1. The lowest BCUT2D eigenvalue weighted by Crippen LogP contribution is -2.36. The monoisotopic (exact) mass is 399 g/mol. The number of hydrogen-bond donors (Lipinski definition) is 1. The lowest BCUT2D eigenvalue weighted by Gasteiger charge is -2.17. The third-order valence-electron chi connectivity index (χ3n) is 4.34. The number of non-ortho nitro benzene ring substituents is 1. The molecule has 8 heteroatoms. The second-order valence-corrected chi connectivity index (χ2v) is 6.92. The minimum Gasteiger partial charge on any atom is -0.452 e. The number of aryl methyl sites for hydroxylation is 1. The van der Waals surface area contributed by atoms with Gasteiger partial charge in [-0.3, -0.25) is 14.9 Å². The summed E-state index contributed by atoms with van der Waals surface area (Å²) in [6.07, 6.45) is 1.57. The lowest BCUT2D eigenvalue weighted by molar-refractivity contribution is -0.384. The van der Waals surface area contributed by atoms with Gasteiger partial charge in [0.1, 0.15) is 0 Å². The molecule has 1 amide bonds. The van der Waals surface area contributed by atoms with Crippen molar-refractivity contribution in [3.63, 3.8) is 0 Å². The number of carbonyl (C=O) groups is 2. The second-order valence-electron chi connectivity index (χ2n) is 6.92. The molecule has 0 aromatic heterocycles. The van der Waals surface area contributed by atoms with Gasteiger partial charge in [-0.2, -0.15) is 0 Å². The maximum absolute atomic E-state index is 12.4. The zero-order valence-electron chi connectivity index (χ0n) is 16.8. The van der Waals surface area contributed by atoms with Gasteiger partial charge < -0.3 is 15.0 Å². The molecule has 0 aliphatic carbocycles. The highest BCUT2D eigenvalue weighted by Gasteiger charge is 2.20. The first-order valence-electron chi connectivity index (χ1n) is 9.24. The van der Waals surface area contributed by atoms with Crippen LogP contribution in [0.15, 0.2) is 48.5 Å². The molecule has 0 heterocycles. The summed E-state index contributed by atoms with van der Waals surface area (Å²) in [5.74, 6) is -1.21. The van der Waals surface area contributed by atoms with E-state index in [9.17, 15) is 19.7 Å². The van der Waals surface area contributed by atoms with E-state index in [-0.39, 0.29) is 17.3 Å². The summed E-state index contributed by atoms with van der Waals surface area (Å²) in [5, 5.41) is 13.8. The van der Waals surface area contributed by atoms with Gasteiger partial charge in [0, 0.05) is 32.3 Å². The minimum atomic E-state index is -0.788. The first kappa shape index (κ1) is 21.9. The van der Waals surface area contributed by atoms with Crippen LogP contribution in [0.5, 0.6) is 0 Å². The Hall–Kier alpha value is -3.42. The van der Waals surface area contributed by atoms with Crippen molar-refractivity contribution in [1.29, 1.82) is 0 Å². The number of rotatable bonds is 9. The molecule has 0 saturated heterocycles. The fourth-order valence-corrected chi connectivity index (χ4v) is 2.82. The number of nitro groups is 1. The highest BCUT2D eigenvalue weighted by atomic mass is 16.6. The Balaban J connectivity index is 1.90. The fourth-order valence-electron chi connectivity index (χ4n) is 2.82. The van der Waals surface area contributed by atoms with Crippen LogP contribution in [0.4, 0.5) is 11.4 Å². The molecular weight excluding hydrogens is 374 g/mol. The van der Waals surface area contributed by atoms with E-state index in [1.807, 2.05) is 37.3 Å². The highest BCUT2D eigenvalue weighted by molar-refractivity contribution is 5.97. The standard InChI is InChI=1S/C21H25N3O5/c1-15(9-10-16-7-5-4-6-8-16)22-20(25)14-29-21(26)18-13-17(24(27)28)11-12-19(18)23(2)3/h4-8,11-13,15H,9-10,14H2,1-3H3,(H,22,25)/t15-/m1/s1. The number of anilines is 1. The number of carbonyl (C=O) groups excluding carboxylic acids is 2. The molecule has 154 valence electrons. The summed E-state index contributed by atoms with van der Waals surface area (Å²) in [5.41, 5.74) is 1.47. The van der Waals surface area contributed by atoms with Crippen LogP contribution in [0, 0.1) is 10.1 Å². The number of esters is 1.